The van der Waals surface area contributed by atoms with Crippen molar-refractivity contribution in [3.63, 3.8) is 0 Å². The Labute approximate surface area is 116 Å². The highest BCUT2D eigenvalue weighted by Gasteiger charge is 2.40. The standard InChI is InChI=1S/C10H26NO6PSi/c1-11(2,3)7-8-17-18(12,13)9-10-19(14-4,15-5)16-6/h7-10H2,1-6H3/p+1. The lowest BCUT2D eigenvalue weighted by Gasteiger charge is -2.26. The molecule has 19 heavy (non-hydrogen) atoms. The maximum Gasteiger partial charge on any atom is 0.500 e. The summed E-state index contributed by atoms with van der Waals surface area (Å²) in [4.78, 5) is 9.74. The smallest absolute Gasteiger partial charge is 0.377 e. The van der Waals surface area contributed by atoms with Gasteiger partial charge in [0.25, 0.3) is 0 Å². The van der Waals surface area contributed by atoms with Gasteiger partial charge in [-0.25, -0.2) is 0 Å². The SMILES string of the molecule is CO[Si](CCP(=O)(O)OCC[N+](C)(C)C)(OC)OC. The molecule has 0 saturated carbocycles. The number of hydrogen-bond donors (Lipinski definition) is 1. The summed E-state index contributed by atoms with van der Waals surface area (Å²) in [5.74, 6) is 0. The van der Waals surface area contributed by atoms with Crippen molar-refractivity contribution < 1.29 is 31.7 Å². The van der Waals surface area contributed by atoms with Crippen LogP contribution in [0.1, 0.15) is 0 Å². The molecular formula is C10H27NO6PSi+. The fraction of sp³-hybridized carbons (Fsp3) is 1.00. The van der Waals surface area contributed by atoms with Crippen LogP contribution in [0.2, 0.25) is 6.04 Å². The molecule has 0 aromatic carbocycles. The first-order chi connectivity index (χ1) is 8.60. The van der Waals surface area contributed by atoms with Gasteiger partial charge < -0.3 is 27.2 Å². The average Bonchev–Trinajstić information content (AvgIpc) is 2.29. The zero-order chi connectivity index (χ0) is 15.2. The Balaban J connectivity index is 4.26. The van der Waals surface area contributed by atoms with E-state index in [1.165, 1.54) is 21.3 Å². The van der Waals surface area contributed by atoms with E-state index in [9.17, 15) is 9.46 Å². The summed E-state index contributed by atoms with van der Waals surface area (Å²) in [6, 6.07) is 0.245. The maximum absolute atomic E-state index is 11.9. The van der Waals surface area contributed by atoms with Gasteiger partial charge in [0.15, 0.2) is 0 Å². The van der Waals surface area contributed by atoms with Gasteiger partial charge in [-0.05, 0) is 0 Å². The molecule has 0 amide bonds. The van der Waals surface area contributed by atoms with E-state index in [0.29, 0.717) is 11.0 Å². The lowest BCUT2D eigenvalue weighted by Crippen LogP contribution is -2.43. The Morgan fingerprint density at radius 1 is 1.11 bits per heavy atom. The molecule has 0 aromatic rings. The predicted octanol–water partition coefficient (Wildman–Crippen LogP) is 0.773. The second kappa shape index (κ2) is 7.85. The van der Waals surface area contributed by atoms with Gasteiger partial charge in [-0.15, -0.1) is 0 Å². The fourth-order valence-electron chi connectivity index (χ4n) is 1.36. The number of quaternary nitrogens is 1. The van der Waals surface area contributed by atoms with Crippen molar-refractivity contribution in [1.29, 1.82) is 0 Å². The average molecular weight is 316 g/mol. The van der Waals surface area contributed by atoms with Gasteiger partial charge in [0.1, 0.15) is 13.2 Å². The van der Waals surface area contributed by atoms with Crippen LogP contribution in [0.3, 0.4) is 0 Å². The highest BCUT2D eigenvalue weighted by Crippen LogP contribution is 2.43. The zero-order valence-corrected chi connectivity index (χ0v) is 14.6. The number of hydrogen-bond acceptors (Lipinski definition) is 5. The van der Waals surface area contributed by atoms with Gasteiger partial charge in [-0.2, -0.15) is 0 Å². The molecule has 0 heterocycles. The monoisotopic (exact) mass is 316 g/mol. The minimum absolute atomic E-state index is 0.0358. The first-order valence-electron chi connectivity index (χ1n) is 6.02. The van der Waals surface area contributed by atoms with Gasteiger partial charge in [0.2, 0.25) is 0 Å². The first kappa shape index (κ1) is 19.2. The molecule has 7 nitrogen and oxygen atoms in total. The molecule has 0 spiro atoms. The van der Waals surface area contributed by atoms with E-state index >= 15 is 0 Å². The van der Waals surface area contributed by atoms with Crippen LogP contribution in [-0.2, 0) is 22.4 Å². The third kappa shape index (κ3) is 8.16. The summed E-state index contributed by atoms with van der Waals surface area (Å²) >= 11 is 0. The lowest BCUT2D eigenvalue weighted by atomic mass is 10.5. The Bertz CT molecular complexity index is 297. The van der Waals surface area contributed by atoms with Crippen LogP contribution in [0.4, 0.5) is 0 Å². The van der Waals surface area contributed by atoms with E-state index in [0.717, 1.165) is 0 Å². The van der Waals surface area contributed by atoms with Crippen LogP contribution < -0.4 is 0 Å². The molecule has 0 saturated heterocycles. The zero-order valence-electron chi connectivity index (χ0n) is 12.7. The van der Waals surface area contributed by atoms with Crippen molar-refractivity contribution in [1.82, 2.24) is 0 Å². The molecule has 0 aromatic heterocycles. The second-order valence-corrected chi connectivity index (χ2v) is 10.3. The van der Waals surface area contributed by atoms with Crippen molar-refractivity contribution in [3.8, 4) is 0 Å². The van der Waals surface area contributed by atoms with Gasteiger partial charge >= 0.3 is 16.4 Å². The van der Waals surface area contributed by atoms with Gasteiger partial charge in [-0.3, -0.25) is 4.57 Å². The summed E-state index contributed by atoms with van der Waals surface area (Å²) in [7, 11) is 3.94. The molecule has 1 N–H and O–H groups in total. The van der Waals surface area contributed by atoms with E-state index in [4.69, 9.17) is 17.8 Å². The van der Waals surface area contributed by atoms with Gasteiger partial charge in [0, 0.05) is 27.4 Å². The number of rotatable bonds is 10. The summed E-state index contributed by atoms with van der Waals surface area (Å²) < 4.78 is 33.2. The highest BCUT2D eigenvalue weighted by atomic mass is 31.2. The molecule has 9 heteroatoms. The largest absolute Gasteiger partial charge is 0.500 e. The predicted molar refractivity (Wildman–Crippen MR) is 75.1 cm³/mol. The summed E-state index contributed by atoms with van der Waals surface area (Å²) in [5, 5.41) is 0. The topological polar surface area (TPSA) is 74.2 Å². The lowest BCUT2D eigenvalue weighted by molar-refractivity contribution is -0.870. The molecule has 0 radical (unpaired) electrons. The number of likely N-dealkylation sites (N-methyl/N-ethyl adjacent to an activating group) is 1. The van der Waals surface area contributed by atoms with E-state index in [1.54, 1.807) is 0 Å². The molecule has 0 rings (SSSR count). The first-order valence-corrected chi connectivity index (χ1v) is 9.71. The normalized spacial score (nSPS) is 16.4. The Hall–Kier alpha value is 0.207. The summed E-state index contributed by atoms with van der Waals surface area (Å²) in [6.07, 6.45) is -0.0358. The maximum atomic E-state index is 11.9. The van der Waals surface area contributed by atoms with Crippen molar-refractivity contribution in [2.24, 2.45) is 0 Å². The Kier molecular flexibility index (Phi) is 7.93. The number of nitrogens with zero attached hydrogens (tertiary/aromatic N) is 1. The van der Waals surface area contributed by atoms with Crippen LogP contribution in [0.5, 0.6) is 0 Å². The Morgan fingerprint density at radius 3 is 1.95 bits per heavy atom. The minimum Gasteiger partial charge on any atom is -0.377 e. The molecular weight excluding hydrogens is 289 g/mol. The molecule has 116 valence electrons. The molecule has 0 aliphatic carbocycles. The third-order valence-electron chi connectivity index (χ3n) is 2.69. The van der Waals surface area contributed by atoms with Crippen LogP contribution >= 0.6 is 7.60 Å². The molecule has 1 atom stereocenters. The summed E-state index contributed by atoms with van der Waals surface area (Å²) in [6.45, 7) is 0.894. The van der Waals surface area contributed by atoms with Crippen molar-refractivity contribution in [2.75, 3.05) is 61.8 Å². The van der Waals surface area contributed by atoms with Crippen LogP contribution in [0.25, 0.3) is 0 Å². The van der Waals surface area contributed by atoms with E-state index in [2.05, 4.69) is 0 Å². The van der Waals surface area contributed by atoms with Crippen molar-refractivity contribution >= 4 is 16.4 Å². The van der Waals surface area contributed by atoms with Gasteiger partial charge in [-0.1, -0.05) is 0 Å². The molecule has 0 bridgehead atoms. The van der Waals surface area contributed by atoms with E-state index < -0.39 is 16.4 Å². The quantitative estimate of drug-likeness (QED) is 0.365. The highest BCUT2D eigenvalue weighted by molar-refractivity contribution is 7.52. The van der Waals surface area contributed by atoms with E-state index in [1.807, 2.05) is 21.1 Å². The molecule has 0 aliphatic rings. The Morgan fingerprint density at radius 2 is 1.58 bits per heavy atom. The summed E-state index contributed by atoms with van der Waals surface area (Å²) in [5.41, 5.74) is 0. The second-order valence-electron chi connectivity index (χ2n) is 5.25. The fourth-order valence-corrected chi connectivity index (χ4v) is 5.19. The molecule has 0 fully saturated rings. The van der Waals surface area contributed by atoms with E-state index in [-0.39, 0.29) is 18.8 Å². The van der Waals surface area contributed by atoms with Crippen LogP contribution in [0, 0.1) is 0 Å². The van der Waals surface area contributed by atoms with Crippen molar-refractivity contribution in [2.45, 2.75) is 6.04 Å². The van der Waals surface area contributed by atoms with Gasteiger partial charge in [0.05, 0.1) is 27.3 Å². The van der Waals surface area contributed by atoms with Crippen LogP contribution in [0.15, 0.2) is 0 Å². The minimum atomic E-state index is -3.63. The molecule has 1 unspecified atom stereocenters. The third-order valence-corrected chi connectivity index (χ3v) is 7.21. The molecule has 0 aliphatic heterocycles. The van der Waals surface area contributed by atoms with Crippen molar-refractivity contribution in [3.05, 3.63) is 0 Å². The van der Waals surface area contributed by atoms with Crippen LogP contribution in [-0.4, -0.2) is 80.0 Å².